The third kappa shape index (κ3) is 4.62. The molecule has 3 atom stereocenters. The molecule has 23 heavy (non-hydrogen) atoms. The second-order valence-electron chi connectivity index (χ2n) is 5.42. The van der Waals surface area contributed by atoms with E-state index in [-0.39, 0.29) is 18.0 Å². The molecule has 0 saturated carbocycles. The van der Waals surface area contributed by atoms with Crippen LogP contribution in [0.5, 0.6) is 0 Å². The molecule has 1 aliphatic rings. The number of hydrogen-bond donors (Lipinski definition) is 2. The zero-order valence-electron chi connectivity index (χ0n) is 13.8. The van der Waals surface area contributed by atoms with E-state index in [9.17, 15) is 19.2 Å². The maximum Gasteiger partial charge on any atom is 0.269 e. The van der Waals surface area contributed by atoms with Crippen LogP contribution >= 0.6 is 0 Å². The van der Waals surface area contributed by atoms with Gasteiger partial charge in [-0.05, 0) is 20.8 Å². The molecule has 1 fully saturated rings. The summed E-state index contributed by atoms with van der Waals surface area (Å²) in [5, 5.41) is 5.01. The van der Waals surface area contributed by atoms with E-state index in [1.807, 2.05) is 0 Å². The number of rotatable bonds is 7. The Bertz CT molecular complexity index is 531. The summed E-state index contributed by atoms with van der Waals surface area (Å²) in [5.41, 5.74) is -0.247. The average molecular weight is 325 g/mol. The smallest absolute Gasteiger partial charge is 0.269 e. The first-order valence-corrected chi connectivity index (χ1v) is 7.47. The van der Waals surface area contributed by atoms with Crippen LogP contribution in [-0.4, -0.2) is 47.4 Å². The van der Waals surface area contributed by atoms with Crippen LogP contribution in [0.15, 0.2) is 12.3 Å². The van der Waals surface area contributed by atoms with Gasteiger partial charge in [0.1, 0.15) is 11.8 Å². The lowest BCUT2D eigenvalue weighted by Gasteiger charge is -2.21. The van der Waals surface area contributed by atoms with Gasteiger partial charge in [0.15, 0.2) is 0 Å². The van der Waals surface area contributed by atoms with Gasteiger partial charge in [0, 0.05) is 18.9 Å². The van der Waals surface area contributed by atoms with Gasteiger partial charge in [-0.2, -0.15) is 0 Å². The number of likely N-dealkylation sites (tertiary alicyclic amines) is 1. The van der Waals surface area contributed by atoms with Gasteiger partial charge in [-0.25, -0.2) is 4.90 Å². The van der Waals surface area contributed by atoms with Crippen molar-refractivity contribution in [3.63, 3.8) is 0 Å². The molecule has 0 bridgehead atoms. The van der Waals surface area contributed by atoms with E-state index in [0.717, 1.165) is 4.90 Å². The number of nitrogens with zero attached hydrogens (tertiary/aromatic N) is 1. The van der Waals surface area contributed by atoms with Crippen molar-refractivity contribution >= 4 is 23.6 Å². The van der Waals surface area contributed by atoms with Gasteiger partial charge in [-0.3, -0.25) is 19.2 Å². The number of imide groups is 1. The molecule has 0 radical (unpaired) electrons. The van der Waals surface area contributed by atoms with Crippen LogP contribution in [0.25, 0.3) is 0 Å². The summed E-state index contributed by atoms with van der Waals surface area (Å²) in [6, 6.07) is 0. The Kier molecular flexibility index (Phi) is 6.44. The fourth-order valence-electron chi connectivity index (χ4n) is 2.14. The molecule has 128 valence electrons. The Morgan fingerprint density at radius 2 is 1.96 bits per heavy atom. The van der Waals surface area contributed by atoms with Gasteiger partial charge in [0.05, 0.1) is 6.17 Å². The zero-order chi connectivity index (χ0) is 17.7. The molecule has 8 nitrogen and oxygen atoms in total. The number of carbonyl (C=O) groups excluding carboxylic acids is 4. The Hall–Kier alpha value is -2.22. The van der Waals surface area contributed by atoms with Crippen LogP contribution in [0.3, 0.4) is 0 Å². The lowest BCUT2D eigenvalue weighted by atomic mass is 10.1. The largest absolute Gasteiger partial charge is 0.369 e. The predicted molar refractivity (Wildman–Crippen MR) is 81.6 cm³/mol. The van der Waals surface area contributed by atoms with E-state index < -0.39 is 35.9 Å². The summed E-state index contributed by atoms with van der Waals surface area (Å²) in [4.78, 5) is 48.2. The fraction of sp³-hybridized carbons (Fsp3) is 0.600. The van der Waals surface area contributed by atoms with Crippen LogP contribution in [-0.2, 0) is 23.9 Å². The highest BCUT2D eigenvalue weighted by Gasteiger charge is 2.39. The molecule has 2 N–H and O–H groups in total. The summed E-state index contributed by atoms with van der Waals surface area (Å²) in [7, 11) is 0. The van der Waals surface area contributed by atoms with Crippen molar-refractivity contribution in [2.75, 3.05) is 6.61 Å². The van der Waals surface area contributed by atoms with Gasteiger partial charge >= 0.3 is 0 Å². The van der Waals surface area contributed by atoms with Crippen molar-refractivity contribution in [1.29, 1.82) is 0 Å². The molecule has 4 amide bonds. The quantitative estimate of drug-likeness (QED) is 0.386. The minimum Gasteiger partial charge on any atom is -0.369 e. The molecular formula is C15H23N3O5. The van der Waals surface area contributed by atoms with Gasteiger partial charge in [-0.1, -0.05) is 13.5 Å². The van der Waals surface area contributed by atoms with Gasteiger partial charge in [0.25, 0.3) is 5.91 Å². The fourth-order valence-corrected chi connectivity index (χ4v) is 2.14. The minimum atomic E-state index is -0.708. The molecule has 0 spiro atoms. The van der Waals surface area contributed by atoms with E-state index >= 15 is 0 Å². The molecule has 8 heteroatoms. The highest BCUT2D eigenvalue weighted by molar-refractivity contribution is 6.11. The Morgan fingerprint density at radius 3 is 2.43 bits per heavy atom. The first-order valence-electron chi connectivity index (χ1n) is 7.47. The van der Waals surface area contributed by atoms with Crippen LogP contribution in [0.2, 0.25) is 0 Å². The molecule has 0 aromatic heterocycles. The van der Waals surface area contributed by atoms with Crippen LogP contribution in [0.4, 0.5) is 0 Å². The Labute approximate surface area is 135 Å². The monoisotopic (exact) mass is 325 g/mol. The maximum atomic E-state index is 12.1. The average Bonchev–Trinajstić information content (AvgIpc) is 2.71. The minimum absolute atomic E-state index is 0.0588. The predicted octanol–water partition coefficient (Wildman–Crippen LogP) is -0.101. The van der Waals surface area contributed by atoms with Crippen molar-refractivity contribution in [3.8, 4) is 0 Å². The van der Waals surface area contributed by atoms with E-state index in [2.05, 4.69) is 17.2 Å². The second kappa shape index (κ2) is 7.87. The normalized spacial score (nSPS) is 20.2. The summed E-state index contributed by atoms with van der Waals surface area (Å²) < 4.78 is 5.14. The number of hydrogen-bond acceptors (Lipinski definition) is 5. The summed E-state index contributed by atoms with van der Waals surface area (Å²) in [6.45, 7) is 10.4. The molecule has 0 aromatic rings. The lowest BCUT2D eigenvalue weighted by Crippen LogP contribution is -2.50. The van der Waals surface area contributed by atoms with Crippen molar-refractivity contribution < 1.29 is 23.9 Å². The van der Waals surface area contributed by atoms with Gasteiger partial charge in [-0.15, -0.1) is 0 Å². The third-order valence-electron chi connectivity index (χ3n) is 3.40. The SMILES string of the molecule is C=C(C(=O)NC(C)NC(=O)C(C)OCC)N1C(=O)CC(C)C1=O. The first kappa shape index (κ1) is 18.8. The number of carbonyl (C=O) groups is 4. The molecule has 0 aliphatic carbocycles. The molecule has 1 saturated heterocycles. The molecule has 1 aliphatic heterocycles. The standard InChI is InChI=1S/C15H23N3O5/c1-6-23-10(4)14(21)17-11(5)16-13(20)9(3)18-12(19)7-8(2)15(18)22/h8,10-11H,3,6-7H2,1-2,4-5H3,(H,16,20)(H,17,21). The maximum absolute atomic E-state index is 12.1. The Balaban J connectivity index is 2.58. The lowest BCUT2D eigenvalue weighted by molar-refractivity contribution is -0.140. The van der Waals surface area contributed by atoms with Crippen LogP contribution in [0, 0.1) is 5.92 Å². The number of nitrogens with one attached hydrogen (secondary N) is 2. The van der Waals surface area contributed by atoms with E-state index in [1.165, 1.54) is 0 Å². The van der Waals surface area contributed by atoms with Crippen molar-refractivity contribution in [3.05, 3.63) is 12.3 Å². The highest BCUT2D eigenvalue weighted by Crippen LogP contribution is 2.22. The second-order valence-corrected chi connectivity index (χ2v) is 5.42. The molecule has 0 aromatic carbocycles. The summed E-state index contributed by atoms with van der Waals surface area (Å²) in [6.07, 6.45) is -1.30. The number of amides is 4. The number of ether oxygens (including phenoxy) is 1. The van der Waals surface area contributed by atoms with E-state index in [1.54, 1.807) is 27.7 Å². The first-order chi connectivity index (χ1) is 10.7. The Morgan fingerprint density at radius 1 is 1.35 bits per heavy atom. The highest BCUT2D eigenvalue weighted by atomic mass is 16.5. The molecular weight excluding hydrogens is 302 g/mol. The van der Waals surface area contributed by atoms with Crippen LogP contribution < -0.4 is 10.6 Å². The zero-order valence-corrected chi connectivity index (χ0v) is 13.8. The summed E-state index contributed by atoms with van der Waals surface area (Å²) >= 11 is 0. The van der Waals surface area contributed by atoms with E-state index in [0.29, 0.717) is 6.61 Å². The van der Waals surface area contributed by atoms with Gasteiger partial charge in [0.2, 0.25) is 17.7 Å². The topological polar surface area (TPSA) is 105 Å². The van der Waals surface area contributed by atoms with Crippen molar-refractivity contribution in [1.82, 2.24) is 15.5 Å². The molecule has 1 heterocycles. The van der Waals surface area contributed by atoms with Crippen molar-refractivity contribution in [2.45, 2.75) is 46.4 Å². The van der Waals surface area contributed by atoms with Gasteiger partial charge < -0.3 is 15.4 Å². The van der Waals surface area contributed by atoms with Crippen LogP contribution in [0.1, 0.15) is 34.1 Å². The molecule has 1 rings (SSSR count). The third-order valence-corrected chi connectivity index (χ3v) is 3.40. The summed E-state index contributed by atoms with van der Waals surface area (Å²) in [5.74, 6) is -2.44. The van der Waals surface area contributed by atoms with Crippen molar-refractivity contribution in [2.24, 2.45) is 5.92 Å². The molecule has 3 unspecified atom stereocenters. The van der Waals surface area contributed by atoms with E-state index in [4.69, 9.17) is 4.74 Å².